The van der Waals surface area contributed by atoms with Gasteiger partial charge in [0.2, 0.25) is 0 Å². The maximum atomic E-state index is 6.31. The van der Waals surface area contributed by atoms with Crippen LogP contribution in [0.25, 0.3) is 0 Å². The number of hydrogen-bond donors (Lipinski definition) is 1. The van der Waals surface area contributed by atoms with Crippen molar-refractivity contribution in [1.29, 1.82) is 0 Å². The molecule has 1 fully saturated rings. The van der Waals surface area contributed by atoms with Gasteiger partial charge in [-0.1, -0.05) is 47.3 Å². The van der Waals surface area contributed by atoms with E-state index in [1.807, 2.05) is 0 Å². The van der Waals surface area contributed by atoms with Gasteiger partial charge < -0.3 is 5.73 Å². The lowest BCUT2D eigenvalue weighted by atomic mass is 10.0. The predicted molar refractivity (Wildman–Crippen MR) is 80.5 cm³/mol. The van der Waals surface area contributed by atoms with Gasteiger partial charge in [-0.25, -0.2) is 0 Å². The summed E-state index contributed by atoms with van der Waals surface area (Å²) in [6.07, 6.45) is 6.37. The van der Waals surface area contributed by atoms with Crippen molar-refractivity contribution in [1.82, 2.24) is 4.90 Å². The Kier molecular flexibility index (Phi) is 5.22. The van der Waals surface area contributed by atoms with Crippen molar-refractivity contribution in [3.63, 3.8) is 0 Å². The highest BCUT2D eigenvalue weighted by molar-refractivity contribution is 9.10. The molecule has 0 saturated heterocycles. The fourth-order valence-corrected chi connectivity index (χ4v) is 3.35. The molecule has 0 bridgehead atoms. The van der Waals surface area contributed by atoms with E-state index in [2.05, 4.69) is 52.1 Å². The van der Waals surface area contributed by atoms with Crippen molar-refractivity contribution < 1.29 is 0 Å². The van der Waals surface area contributed by atoms with Gasteiger partial charge in [0.25, 0.3) is 0 Å². The molecule has 1 aromatic rings. The molecule has 100 valence electrons. The lowest BCUT2D eigenvalue weighted by Crippen LogP contribution is -2.44. The van der Waals surface area contributed by atoms with E-state index < -0.39 is 0 Å². The van der Waals surface area contributed by atoms with Crippen LogP contribution < -0.4 is 5.73 Å². The van der Waals surface area contributed by atoms with E-state index in [1.54, 1.807) is 0 Å². The van der Waals surface area contributed by atoms with Crippen LogP contribution in [-0.4, -0.2) is 24.0 Å². The van der Waals surface area contributed by atoms with Crippen LogP contribution in [0, 0.1) is 0 Å². The first-order chi connectivity index (χ1) is 8.66. The SMILES string of the molecule is CN(Cc1cccc(Br)c1)C1CCCCCC1N. The first kappa shape index (κ1) is 14.0. The summed E-state index contributed by atoms with van der Waals surface area (Å²) >= 11 is 3.53. The molecule has 0 spiro atoms. The van der Waals surface area contributed by atoms with Crippen molar-refractivity contribution in [2.24, 2.45) is 5.73 Å². The summed E-state index contributed by atoms with van der Waals surface area (Å²) in [4.78, 5) is 2.43. The fraction of sp³-hybridized carbons (Fsp3) is 0.600. The zero-order valence-corrected chi connectivity index (χ0v) is 12.7. The Bertz CT molecular complexity index is 381. The molecular weight excluding hydrogens is 288 g/mol. The number of nitrogens with two attached hydrogens (primary N) is 1. The van der Waals surface area contributed by atoms with E-state index in [0.29, 0.717) is 12.1 Å². The molecule has 1 aromatic carbocycles. The van der Waals surface area contributed by atoms with Gasteiger partial charge in [0.1, 0.15) is 0 Å². The molecule has 2 N–H and O–H groups in total. The highest BCUT2D eigenvalue weighted by Crippen LogP contribution is 2.22. The monoisotopic (exact) mass is 310 g/mol. The van der Waals surface area contributed by atoms with Crippen LogP contribution in [0.3, 0.4) is 0 Å². The smallest absolute Gasteiger partial charge is 0.0247 e. The van der Waals surface area contributed by atoms with Crippen LogP contribution in [0.2, 0.25) is 0 Å². The Hall–Kier alpha value is -0.380. The Morgan fingerprint density at radius 2 is 2.06 bits per heavy atom. The van der Waals surface area contributed by atoms with Crippen LogP contribution in [0.1, 0.15) is 37.7 Å². The number of rotatable bonds is 3. The van der Waals surface area contributed by atoms with E-state index in [1.165, 1.54) is 37.7 Å². The molecule has 2 unspecified atom stereocenters. The molecule has 0 aliphatic heterocycles. The Morgan fingerprint density at radius 1 is 1.28 bits per heavy atom. The summed E-state index contributed by atoms with van der Waals surface area (Å²) in [6.45, 7) is 0.984. The maximum absolute atomic E-state index is 6.31. The summed E-state index contributed by atoms with van der Waals surface area (Å²) < 4.78 is 1.15. The highest BCUT2D eigenvalue weighted by Gasteiger charge is 2.23. The average Bonchev–Trinajstić information content (AvgIpc) is 2.54. The molecule has 1 saturated carbocycles. The summed E-state index contributed by atoms with van der Waals surface area (Å²) in [5, 5.41) is 0. The average molecular weight is 311 g/mol. The number of hydrogen-bond acceptors (Lipinski definition) is 2. The molecule has 0 heterocycles. The summed E-state index contributed by atoms with van der Waals surface area (Å²) in [5.74, 6) is 0. The molecule has 0 radical (unpaired) electrons. The van der Waals surface area contributed by atoms with Crippen LogP contribution in [0.15, 0.2) is 28.7 Å². The van der Waals surface area contributed by atoms with Crippen LogP contribution in [0.4, 0.5) is 0 Å². The van der Waals surface area contributed by atoms with E-state index in [0.717, 1.165) is 11.0 Å². The van der Waals surface area contributed by atoms with E-state index in [4.69, 9.17) is 5.73 Å². The zero-order valence-electron chi connectivity index (χ0n) is 11.1. The minimum Gasteiger partial charge on any atom is -0.326 e. The number of benzene rings is 1. The molecule has 1 aliphatic rings. The van der Waals surface area contributed by atoms with Gasteiger partial charge in [-0.3, -0.25) is 4.90 Å². The molecule has 2 atom stereocenters. The first-order valence-electron chi connectivity index (χ1n) is 6.87. The van der Waals surface area contributed by atoms with Gasteiger partial charge in [0, 0.05) is 23.1 Å². The number of halogens is 1. The van der Waals surface area contributed by atoms with Crippen molar-refractivity contribution in [3.05, 3.63) is 34.3 Å². The van der Waals surface area contributed by atoms with Crippen molar-refractivity contribution in [2.45, 2.75) is 50.7 Å². The van der Waals surface area contributed by atoms with Crippen molar-refractivity contribution >= 4 is 15.9 Å². The minimum absolute atomic E-state index is 0.338. The molecule has 2 nitrogen and oxygen atoms in total. The largest absolute Gasteiger partial charge is 0.326 e. The van der Waals surface area contributed by atoms with Crippen LogP contribution in [-0.2, 0) is 6.54 Å². The summed E-state index contributed by atoms with van der Waals surface area (Å²) in [7, 11) is 2.21. The summed E-state index contributed by atoms with van der Waals surface area (Å²) in [5.41, 5.74) is 7.66. The molecule has 0 aromatic heterocycles. The fourth-order valence-electron chi connectivity index (χ4n) is 2.90. The second-order valence-corrected chi connectivity index (χ2v) is 6.33. The van der Waals surface area contributed by atoms with Gasteiger partial charge in [-0.2, -0.15) is 0 Å². The summed E-state index contributed by atoms with van der Waals surface area (Å²) in [6, 6.07) is 9.42. The van der Waals surface area contributed by atoms with Crippen molar-refractivity contribution in [2.75, 3.05) is 7.05 Å². The molecule has 18 heavy (non-hydrogen) atoms. The lowest BCUT2D eigenvalue weighted by Gasteiger charge is -2.31. The third kappa shape index (κ3) is 3.81. The number of likely N-dealkylation sites (N-methyl/N-ethyl adjacent to an activating group) is 1. The third-order valence-electron chi connectivity index (χ3n) is 3.92. The minimum atomic E-state index is 0.338. The quantitative estimate of drug-likeness (QED) is 0.865. The standard InChI is InChI=1S/C15H23BrN2/c1-18(11-12-6-5-7-13(16)10-12)15-9-4-2-3-8-14(15)17/h5-7,10,14-15H,2-4,8-9,11,17H2,1H3. The third-order valence-corrected chi connectivity index (χ3v) is 4.41. The Labute approximate surface area is 119 Å². The van der Waals surface area contributed by atoms with Crippen LogP contribution >= 0.6 is 15.9 Å². The van der Waals surface area contributed by atoms with Gasteiger partial charge in [-0.05, 0) is 37.6 Å². The second-order valence-electron chi connectivity index (χ2n) is 5.41. The molecule has 2 rings (SSSR count). The highest BCUT2D eigenvalue weighted by atomic mass is 79.9. The van der Waals surface area contributed by atoms with Gasteiger partial charge in [0.15, 0.2) is 0 Å². The number of nitrogens with zero attached hydrogens (tertiary/aromatic N) is 1. The van der Waals surface area contributed by atoms with E-state index >= 15 is 0 Å². The van der Waals surface area contributed by atoms with Gasteiger partial charge in [-0.15, -0.1) is 0 Å². The van der Waals surface area contributed by atoms with Gasteiger partial charge in [0.05, 0.1) is 0 Å². The predicted octanol–water partition coefficient (Wildman–Crippen LogP) is 3.54. The van der Waals surface area contributed by atoms with Gasteiger partial charge >= 0.3 is 0 Å². The molecule has 3 heteroatoms. The molecule has 1 aliphatic carbocycles. The van der Waals surface area contributed by atoms with E-state index in [9.17, 15) is 0 Å². The first-order valence-corrected chi connectivity index (χ1v) is 7.66. The maximum Gasteiger partial charge on any atom is 0.0247 e. The topological polar surface area (TPSA) is 29.3 Å². The Balaban J connectivity index is 1.99. The van der Waals surface area contributed by atoms with E-state index in [-0.39, 0.29) is 0 Å². The lowest BCUT2D eigenvalue weighted by molar-refractivity contribution is 0.193. The zero-order chi connectivity index (χ0) is 13.0. The molecular formula is C15H23BrN2. The normalized spacial score (nSPS) is 25.1. The molecule has 0 amide bonds. The van der Waals surface area contributed by atoms with Crippen LogP contribution in [0.5, 0.6) is 0 Å². The Morgan fingerprint density at radius 3 is 2.83 bits per heavy atom. The van der Waals surface area contributed by atoms with Crippen molar-refractivity contribution in [3.8, 4) is 0 Å². The second kappa shape index (κ2) is 6.69.